The topological polar surface area (TPSA) is 54.9 Å². The van der Waals surface area contributed by atoms with Gasteiger partial charge in [-0.3, -0.25) is 10.1 Å². The lowest BCUT2D eigenvalue weighted by Crippen LogP contribution is -2.09. The Morgan fingerprint density at radius 2 is 2.20 bits per heavy atom. The molecule has 2 aromatic heterocycles. The van der Waals surface area contributed by atoms with Crippen LogP contribution >= 0.6 is 38.6 Å². The smallest absolute Gasteiger partial charge is 0.269 e. The van der Waals surface area contributed by atoms with E-state index in [1.807, 2.05) is 6.92 Å². The highest BCUT2D eigenvalue weighted by molar-refractivity contribution is 9.11. The summed E-state index contributed by atoms with van der Waals surface area (Å²) in [5.41, 5.74) is 0. The minimum absolute atomic E-state index is 0.164. The van der Waals surface area contributed by atoms with E-state index in [2.05, 4.69) is 31.2 Å². The molecule has 0 radical (unpaired) electrons. The highest BCUT2D eigenvalue weighted by Gasteiger charge is 2.10. The van der Waals surface area contributed by atoms with Crippen molar-refractivity contribution >= 4 is 49.6 Å². The SMILES string of the molecule is Cc1ncc(C(=O)Nc2ncc(Br)s2)s1. The summed E-state index contributed by atoms with van der Waals surface area (Å²) in [4.78, 5) is 20.3. The van der Waals surface area contributed by atoms with Crippen molar-refractivity contribution in [2.24, 2.45) is 0 Å². The number of aromatic nitrogens is 2. The Kier molecular flexibility index (Phi) is 3.13. The average molecular weight is 304 g/mol. The van der Waals surface area contributed by atoms with Crippen molar-refractivity contribution in [2.75, 3.05) is 5.32 Å². The molecule has 1 N–H and O–H groups in total. The standard InChI is InChI=1S/C8H6BrN3OS2/c1-4-10-2-5(14-4)7(13)12-8-11-3-6(9)15-8/h2-3H,1H3,(H,11,12,13). The lowest BCUT2D eigenvalue weighted by Gasteiger charge is -1.96. The number of anilines is 1. The second-order valence-corrected chi connectivity index (χ2v) is 6.31. The fraction of sp³-hybridized carbons (Fsp3) is 0.125. The van der Waals surface area contributed by atoms with Gasteiger partial charge in [-0.2, -0.15) is 0 Å². The predicted octanol–water partition coefficient (Wildman–Crippen LogP) is 2.92. The van der Waals surface area contributed by atoms with Crippen molar-refractivity contribution in [3.8, 4) is 0 Å². The fourth-order valence-corrected chi connectivity index (χ4v) is 2.71. The van der Waals surface area contributed by atoms with Crippen LogP contribution in [0.25, 0.3) is 0 Å². The normalized spacial score (nSPS) is 10.3. The Hall–Kier alpha value is -0.790. The molecule has 1 amide bonds. The van der Waals surface area contributed by atoms with Crippen LogP contribution in [-0.2, 0) is 0 Å². The molecule has 0 fully saturated rings. The van der Waals surface area contributed by atoms with Crippen LogP contribution in [0.1, 0.15) is 14.7 Å². The van der Waals surface area contributed by atoms with Crippen molar-refractivity contribution in [2.45, 2.75) is 6.92 Å². The molecular formula is C8H6BrN3OS2. The largest absolute Gasteiger partial charge is 0.297 e. The summed E-state index contributed by atoms with van der Waals surface area (Å²) in [7, 11) is 0. The third-order valence-corrected chi connectivity index (χ3v) is 3.85. The lowest BCUT2D eigenvalue weighted by molar-refractivity contribution is 0.103. The first-order chi connectivity index (χ1) is 7.15. The maximum absolute atomic E-state index is 11.6. The van der Waals surface area contributed by atoms with E-state index in [0.717, 1.165) is 8.79 Å². The zero-order valence-corrected chi connectivity index (χ0v) is 10.9. The van der Waals surface area contributed by atoms with Gasteiger partial charge in [0.1, 0.15) is 4.88 Å². The molecule has 0 aliphatic rings. The summed E-state index contributed by atoms with van der Waals surface area (Å²) in [5, 5.41) is 4.16. The van der Waals surface area contributed by atoms with Gasteiger partial charge < -0.3 is 0 Å². The number of nitrogens with one attached hydrogen (secondary N) is 1. The van der Waals surface area contributed by atoms with Crippen LogP contribution in [0.15, 0.2) is 16.2 Å². The predicted molar refractivity (Wildman–Crippen MR) is 64.6 cm³/mol. The molecule has 2 aromatic rings. The van der Waals surface area contributed by atoms with Gasteiger partial charge in [0, 0.05) is 0 Å². The Balaban J connectivity index is 2.10. The molecule has 2 rings (SSSR count). The van der Waals surface area contributed by atoms with Crippen LogP contribution in [0.4, 0.5) is 5.13 Å². The minimum atomic E-state index is -0.164. The van der Waals surface area contributed by atoms with Crippen molar-refractivity contribution in [1.82, 2.24) is 9.97 Å². The molecule has 0 aliphatic heterocycles. The van der Waals surface area contributed by atoms with Crippen LogP contribution < -0.4 is 5.32 Å². The van der Waals surface area contributed by atoms with E-state index >= 15 is 0 Å². The summed E-state index contributed by atoms with van der Waals surface area (Å²) >= 11 is 6.02. The third-order valence-electron chi connectivity index (χ3n) is 1.54. The Labute approximate surface area is 103 Å². The summed E-state index contributed by atoms with van der Waals surface area (Å²) in [6.45, 7) is 1.86. The van der Waals surface area contributed by atoms with Gasteiger partial charge in [-0.1, -0.05) is 11.3 Å². The van der Waals surface area contributed by atoms with Crippen LogP contribution in [0, 0.1) is 6.92 Å². The summed E-state index contributed by atoms with van der Waals surface area (Å²) < 4.78 is 0.887. The molecule has 7 heteroatoms. The van der Waals surface area contributed by atoms with E-state index in [4.69, 9.17) is 0 Å². The number of hydrogen-bond donors (Lipinski definition) is 1. The van der Waals surface area contributed by atoms with E-state index in [1.165, 1.54) is 22.7 Å². The molecule has 0 aromatic carbocycles. The minimum Gasteiger partial charge on any atom is -0.297 e. The van der Waals surface area contributed by atoms with Crippen molar-refractivity contribution < 1.29 is 4.79 Å². The first-order valence-corrected chi connectivity index (χ1v) is 6.43. The van der Waals surface area contributed by atoms with E-state index in [9.17, 15) is 4.79 Å². The van der Waals surface area contributed by atoms with Gasteiger partial charge in [-0.25, -0.2) is 9.97 Å². The highest BCUT2D eigenvalue weighted by atomic mass is 79.9. The van der Waals surface area contributed by atoms with Gasteiger partial charge in [-0.15, -0.1) is 11.3 Å². The molecular weight excluding hydrogens is 298 g/mol. The lowest BCUT2D eigenvalue weighted by atomic mass is 10.5. The quantitative estimate of drug-likeness (QED) is 0.928. The van der Waals surface area contributed by atoms with Gasteiger partial charge in [0.05, 0.1) is 21.2 Å². The molecule has 2 heterocycles. The number of carbonyl (C=O) groups is 1. The van der Waals surface area contributed by atoms with Gasteiger partial charge in [0.25, 0.3) is 5.91 Å². The highest BCUT2D eigenvalue weighted by Crippen LogP contribution is 2.24. The second-order valence-electron chi connectivity index (χ2n) is 2.67. The number of thiazole rings is 2. The summed E-state index contributed by atoms with van der Waals surface area (Å²) in [5.74, 6) is -0.164. The van der Waals surface area contributed by atoms with Crippen LogP contribution in [0.3, 0.4) is 0 Å². The molecule has 0 aliphatic carbocycles. The first kappa shape index (κ1) is 10.7. The fourth-order valence-electron chi connectivity index (χ4n) is 0.937. The molecule has 0 saturated heterocycles. The zero-order valence-electron chi connectivity index (χ0n) is 7.65. The van der Waals surface area contributed by atoms with E-state index in [1.54, 1.807) is 12.4 Å². The number of rotatable bonds is 2. The van der Waals surface area contributed by atoms with Gasteiger partial charge in [0.2, 0.25) is 0 Å². The average Bonchev–Trinajstić information content (AvgIpc) is 2.75. The summed E-state index contributed by atoms with van der Waals surface area (Å²) in [6.07, 6.45) is 3.22. The first-order valence-electron chi connectivity index (χ1n) is 4.00. The number of amides is 1. The Bertz CT molecular complexity index is 494. The number of halogens is 1. The van der Waals surface area contributed by atoms with Crippen LogP contribution in [0.5, 0.6) is 0 Å². The van der Waals surface area contributed by atoms with Gasteiger partial charge in [-0.05, 0) is 22.9 Å². The molecule has 78 valence electrons. The molecule has 0 atom stereocenters. The van der Waals surface area contributed by atoms with Gasteiger partial charge in [0.15, 0.2) is 5.13 Å². The van der Waals surface area contributed by atoms with E-state index in [0.29, 0.717) is 10.0 Å². The summed E-state index contributed by atoms with van der Waals surface area (Å²) in [6, 6.07) is 0. The van der Waals surface area contributed by atoms with Crippen molar-refractivity contribution in [3.05, 3.63) is 26.1 Å². The van der Waals surface area contributed by atoms with Crippen LogP contribution in [-0.4, -0.2) is 15.9 Å². The molecule has 4 nitrogen and oxygen atoms in total. The maximum Gasteiger partial charge on any atom is 0.269 e. The Morgan fingerprint density at radius 1 is 1.40 bits per heavy atom. The molecule has 0 bridgehead atoms. The molecule has 0 unspecified atom stereocenters. The number of aryl methyl sites for hydroxylation is 1. The number of hydrogen-bond acceptors (Lipinski definition) is 5. The molecule has 15 heavy (non-hydrogen) atoms. The van der Waals surface area contributed by atoms with Crippen molar-refractivity contribution in [3.63, 3.8) is 0 Å². The third kappa shape index (κ3) is 2.61. The zero-order chi connectivity index (χ0) is 10.8. The van der Waals surface area contributed by atoms with Gasteiger partial charge >= 0.3 is 0 Å². The number of nitrogens with zero attached hydrogens (tertiary/aromatic N) is 2. The van der Waals surface area contributed by atoms with E-state index < -0.39 is 0 Å². The monoisotopic (exact) mass is 303 g/mol. The molecule has 0 saturated carbocycles. The maximum atomic E-state index is 11.6. The van der Waals surface area contributed by atoms with Crippen molar-refractivity contribution in [1.29, 1.82) is 0 Å². The van der Waals surface area contributed by atoms with E-state index in [-0.39, 0.29) is 5.91 Å². The van der Waals surface area contributed by atoms with Crippen LogP contribution in [0.2, 0.25) is 0 Å². The Morgan fingerprint density at radius 3 is 2.73 bits per heavy atom. The second kappa shape index (κ2) is 4.38. The molecule has 0 spiro atoms. The number of carbonyl (C=O) groups excluding carboxylic acids is 1.